The summed E-state index contributed by atoms with van der Waals surface area (Å²) in [5.74, 6) is 1.02. The number of rotatable bonds is 4. The van der Waals surface area contributed by atoms with Gasteiger partial charge < -0.3 is 14.5 Å². The number of carbonyl (C=O) groups is 1. The second-order valence-electron chi connectivity index (χ2n) is 6.44. The fourth-order valence-electron chi connectivity index (χ4n) is 3.26. The minimum Gasteiger partial charge on any atom is -0.325 e. The van der Waals surface area contributed by atoms with Gasteiger partial charge in [0.25, 0.3) is 0 Å². The van der Waals surface area contributed by atoms with Gasteiger partial charge in [0.05, 0.1) is 23.1 Å². The summed E-state index contributed by atoms with van der Waals surface area (Å²) in [6, 6.07) is 15.6. The first-order valence-corrected chi connectivity index (χ1v) is 9.75. The van der Waals surface area contributed by atoms with Crippen molar-refractivity contribution in [2.45, 2.75) is 18.2 Å². The van der Waals surface area contributed by atoms with E-state index in [9.17, 15) is 4.79 Å². The topological polar surface area (TPSA) is 64.7 Å². The number of carbonyl (C=O) groups excluding carboxylic acids is 1. The lowest BCUT2D eigenvalue weighted by atomic mass is 10.1. The van der Waals surface area contributed by atoms with E-state index in [0.29, 0.717) is 0 Å². The van der Waals surface area contributed by atoms with Gasteiger partial charge in [-0.1, -0.05) is 36.0 Å². The first-order valence-electron chi connectivity index (χ1n) is 8.76. The Bertz CT molecular complexity index is 1110. The van der Waals surface area contributed by atoms with Crippen molar-refractivity contribution in [1.29, 1.82) is 0 Å². The van der Waals surface area contributed by atoms with E-state index in [-0.39, 0.29) is 12.5 Å². The highest BCUT2D eigenvalue weighted by molar-refractivity contribution is 7.99. The third-order valence-electron chi connectivity index (χ3n) is 4.61. The lowest BCUT2D eigenvalue weighted by molar-refractivity contribution is -0.116. The number of aromatic nitrogens is 4. The summed E-state index contributed by atoms with van der Waals surface area (Å²) in [5, 5.41) is 4.02. The average molecular weight is 375 g/mol. The molecule has 0 unspecified atom stereocenters. The van der Waals surface area contributed by atoms with Crippen LogP contribution in [0.15, 0.2) is 66.2 Å². The van der Waals surface area contributed by atoms with E-state index >= 15 is 0 Å². The van der Waals surface area contributed by atoms with Gasteiger partial charge in [0.2, 0.25) is 5.91 Å². The highest BCUT2D eigenvalue weighted by Gasteiger charge is 2.15. The van der Waals surface area contributed by atoms with E-state index in [4.69, 9.17) is 0 Å². The minimum atomic E-state index is -0.0803. The van der Waals surface area contributed by atoms with Gasteiger partial charge in [-0.15, -0.1) is 0 Å². The molecular formula is C20H17N5OS. The highest BCUT2D eigenvalue weighted by atomic mass is 32.2. The smallest absolute Gasteiger partial charge is 0.244 e. The zero-order chi connectivity index (χ0) is 18.2. The SMILES string of the molecule is O=C(Cn1cnc2ccccc21)Nc1ccc(-c2cn3c(n2)SCC3)cc1. The number of nitrogens with zero attached hydrogens (tertiary/aromatic N) is 4. The number of imidazole rings is 2. The minimum absolute atomic E-state index is 0.0803. The monoisotopic (exact) mass is 375 g/mol. The zero-order valence-electron chi connectivity index (χ0n) is 14.5. The van der Waals surface area contributed by atoms with E-state index in [1.54, 1.807) is 18.1 Å². The molecule has 1 amide bonds. The van der Waals surface area contributed by atoms with Crippen LogP contribution in [-0.2, 0) is 17.9 Å². The summed E-state index contributed by atoms with van der Waals surface area (Å²) in [4.78, 5) is 21.4. The molecule has 0 radical (unpaired) electrons. The van der Waals surface area contributed by atoms with Crippen LogP contribution >= 0.6 is 11.8 Å². The lowest BCUT2D eigenvalue weighted by Gasteiger charge is -2.07. The number of aryl methyl sites for hydroxylation is 1. The predicted octanol–water partition coefficient (Wildman–Crippen LogP) is 3.64. The van der Waals surface area contributed by atoms with E-state index in [2.05, 4.69) is 26.0 Å². The number of hydrogen-bond donors (Lipinski definition) is 1. The Kier molecular flexibility index (Phi) is 3.94. The lowest BCUT2D eigenvalue weighted by Crippen LogP contribution is -2.18. The third kappa shape index (κ3) is 3.10. The first kappa shape index (κ1) is 16.1. The summed E-state index contributed by atoms with van der Waals surface area (Å²) in [7, 11) is 0. The summed E-state index contributed by atoms with van der Waals surface area (Å²) in [6.07, 6.45) is 3.79. The van der Waals surface area contributed by atoms with Gasteiger partial charge in [0.1, 0.15) is 6.54 Å². The average Bonchev–Trinajstić information content (AvgIpc) is 3.38. The predicted molar refractivity (Wildman–Crippen MR) is 107 cm³/mol. The Labute approximate surface area is 160 Å². The van der Waals surface area contributed by atoms with Gasteiger partial charge in [-0.05, 0) is 24.3 Å². The van der Waals surface area contributed by atoms with E-state index in [1.807, 2.05) is 53.1 Å². The fourth-order valence-corrected chi connectivity index (χ4v) is 4.21. The number of para-hydroxylation sites is 2. The summed E-state index contributed by atoms with van der Waals surface area (Å²) in [5.41, 5.74) is 4.64. The largest absolute Gasteiger partial charge is 0.325 e. The second-order valence-corrected chi connectivity index (χ2v) is 7.50. The molecule has 2 aromatic carbocycles. The van der Waals surface area contributed by atoms with Crippen LogP contribution in [-0.4, -0.2) is 30.8 Å². The second kappa shape index (κ2) is 6.59. The maximum Gasteiger partial charge on any atom is 0.244 e. The zero-order valence-corrected chi connectivity index (χ0v) is 15.3. The quantitative estimate of drug-likeness (QED) is 0.591. The number of fused-ring (bicyclic) bond motifs is 2. The van der Waals surface area contributed by atoms with Crippen molar-refractivity contribution in [2.24, 2.45) is 0 Å². The van der Waals surface area contributed by atoms with Crippen LogP contribution in [0.2, 0.25) is 0 Å². The van der Waals surface area contributed by atoms with Crippen molar-refractivity contribution in [3.8, 4) is 11.3 Å². The van der Waals surface area contributed by atoms with Crippen molar-refractivity contribution >= 4 is 34.4 Å². The molecule has 0 atom stereocenters. The van der Waals surface area contributed by atoms with Crippen LogP contribution in [0.3, 0.4) is 0 Å². The standard InChI is InChI=1S/C20H17N5OS/c26-19(12-25-13-21-16-3-1-2-4-18(16)25)22-15-7-5-14(6-8-15)17-11-24-9-10-27-20(24)23-17/h1-8,11,13H,9-10,12H2,(H,22,26). The maximum atomic E-state index is 12.4. The molecule has 0 fully saturated rings. The molecule has 2 aromatic heterocycles. The van der Waals surface area contributed by atoms with Gasteiger partial charge in [-0.25, -0.2) is 9.97 Å². The Hall–Kier alpha value is -3.06. The van der Waals surface area contributed by atoms with Gasteiger partial charge in [-0.3, -0.25) is 4.79 Å². The molecule has 6 nitrogen and oxygen atoms in total. The number of anilines is 1. The van der Waals surface area contributed by atoms with Crippen molar-refractivity contribution in [3.05, 3.63) is 61.1 Å². The number of amides is 1. The number of nitrogens with one attached hydrogen (secondary N) is 1. The Balaban J connectivity index is 1.28. The van der Waals surface area contributed by atoms with Crippen LogP contribution in [0.5, 0.6) is 0 Å². The van der Waals surface area contributed by atoms with Crippen LogP contribution in [0.1, 0.15) is 0 Å². The number of benzene rings is 2. The van der Waals surface area contributed by atoms with Crippen molar-refractivity contribution in [3.63, 3.8) is 0 Å². The molecule has 1 aliphatic rings. The van der Waals surface area contributed by atoms with Crippen molar-refractivity contribution in [2.75, 3.05) is 11.1 Å². The molecule has 3 heterocycles. The maximum absolute atomic E-state index is 12.4. The number of thioether (sulfide) groups is 1. The van der Waals surface area contributed by atoms with Gasteiger partial charge in [0.15, 0.2) is 5.16 Å². The normalized spacial score (nSPS) is 13.0. The summed E-state index contributed by atoms with van der Waals surface area (Å²) in [6.45, 7) is 1.25. The molecule has 0 spiro atoms. The molecular weight excluding hydrogens is 358 g/mol. The highest BCUT2D eigenvalue weighted by Crippen LogP contribution is 2.29. The molecule has 4 aromatic rings. The van der Waals surface area contributed by atoms with Gasteiger partial charge in [0, 0.05) is 29.7 Å². The van der Waals surface area contributed by atoms with Crippen LogP contribution in [0.25, 0.3) is 22.3 Å². The molecule has 0 saturated heterocycles. The molecule has 1 aliphatic heterocycles. The molecule has 7 heteroatoms. The van der Waals surface area contributed by atoms with Crippen molar-refractivity contribution < 1.29 is 4.79 Å². The van der Waals surface area contributed by atoms with E-state index in [0.717, 1.165) is 45.4 Å². The summed E-state index contributed by atoms with van der Waals surface area (Å²) >= 11 is 1.78. The van der Waals surface area contributed by atoms with Gasteiger partial charge >= 0.3 is 0 Å². The van der Waals surface area contributed by atoms with Gasteiger partial charge in [-0.2, -0.15) is 0 Å². The van der Waals surface area contributed by atoms with Crippen LogP contribution < -0.4 is 5.32 Å². The van der Waals surface area contributed by atoms with Crippen LogP contribution in [0, 0.1) is 0 Å². The molecule has 27 heavy (non-hydrogen) atoms. The molecule has 0 aliphatic carbocycles. The Morgan fingerprint density at radius 2 is 2.00 bits per heavy atom. The summed E-state index contributed by atoms with van der Waals surface area (Å²) < 4.78 is 4.04. The van der Waals surface area contributed by atoms with Crippen LogP contribution in [0.4, 0.5) is 5.69 Å². The Morgan fingerprint density at radius 3 is 2.85 bits per heavy atom. The molecule has 1 N–H and O–H groups in total. The van der Waals surface area contributed by atoms with E-state index < -0.39 is 0 Å². The van der Waals surface area contributed by atoms with Crippen molar-refractivity contribution in [1.82, 2.24) is 19.1 Å². The van der Waals surface area contributed by atoms with E-state index in [1.165, 1.54) is 0 Å². The molecule has 0 saturated carbocycles. The third-order valence-corrected chi connectivity index (χ3v) is 5.58. The molecule has 134 valence electrons. The number of hydrogen-bond acceptors (Lipinski definition) is 4. The first-order chi connectivity index (χ1) is 13.3. The fraction of sp³-hybridized carbons (Fsp3) is 0.150. The molecule has 0 bridgehead atoms. The molecule has 5 rings (SSSR count). The Morgan fingerprint density at radius 1 is 1.15 bits per heavy atom.